The van der Waals surface area contributed by atoms with E-state index in [9.17, 15) is 19.2 Å². The van der Waals surface area contributed by atoms with Gasteiger partial charge >= 0.3 is 23.9 Å². The first-order chi connectivity index (χ1) is 20.2. The molecule has 3 rings (SSSR count). The van der Waals surface area contributed by atoms with Gasteiger partial charge in [0.25, 0.3) is 0 Å². The highest BCUT2D eigenvalue weighted by molar-refractivity contribution is 5.93. The first-order valence-electron chi connectivity index (χ1n) is 12.9. The van der Waals surface area contributed by atoms with Crippen molar-refractivity contribution in [3.05, 3.63) is 103 Å². The van der Waals surface area contributed by atoms with Crippen LogP contribution in [0.3, 0.4) is 0 Å². The minimum absolute atomic E-state index is 0.0120. The van der Waals surface area contributed by atoms with Gasteiger partial charge in [-0.15, -0.1) is 0 Å². The highest BCUT2D eigenvalue weighted by Gasteiger charge is 2.19. The quantitative estimate of drug-likeness (QED) is 0.123. The number of carbonyl (C=O) groups is 4. The highest BCUT2D eigenvalue weighted by Crippen LogP contribution is 2.40. The molecule has 0 aliphatic carbocycles. The zero-order valence-electron chi connectivity index (χ0n) is 24.4. The third kappa shape index (κ3) is 7.95. The predicted molar refractivity (Wildman–Crippen MR) is 164 cm³/mol. The van der Waals surface area contributed by atoms with Gasteiger partial charge in [0.15, 0.2) is 11.5 Å². The molecule has 43 heavy (non-hydrogen) atoms. The summed E-state index contributed by atoms with van der Waals surface area (Å²) >= 11 is 0. The predicted octanol–water partition coefficient (Wildman–Crippen LogP) is 6.53. The summed E-state index contributed by atoms with van der Waals surface area (Å²) in [6.45, 7) is 20.3. The van der Waals surface area contributed by atoms with E-state index in [1.165, 1.54) is 45.9 Å². The zero-order chi connectivity index (χ0) is 32.0. The van der Waals surface area contributed by atoms with E-state index in [2.05, 4.69) is 26.3 Å². The lowest BCUT2D eigenvalue weighted by atomic mass is 9.97. The largest absolute Gasteiger partial charge is 0.423 e. The Bertz CT molecular complexity index is 1710. The molecule has 2 N–H and O–H groups in total. The van der Waals surface area contributed by atoms with Crippen LogP contribution in [0.4, 0.5) is 5.69 Å². The van der Waals surface area contributed by atoms with Crippen molar-refractivity contribution in [1.82, 2.24) is 0 Å². The van der Waals surface area contributed by atoms with Crippen LogP contribution in [0.25, 0.3) is 22.3 Å². The molecular formula is C34H31NO8. The number of benzene rings is 3. The van der Waals surface area contributed by atoms with Gasteiger partial charge < -0.3 is 24.7 Å². The van der Waals surface area contributed by atoms with Crippen molar-refractivity contribution < 1.29 is 38.1 Å². The van der Waals surface area contributed by atoms with Gasteiger partial charge in [-0.25, -0.2) is 19.2 Å². The maximum atomic E-state index is 12.4. The number of rotatable bonds is 10. The van der Waals surface area contributed by atoms with Crippen LogP contribution in [0.5, 0.6) is 23.0 Å². The summed E-state index contributed by atoms with van der Waals surface area (Å²) in [4.78, 5) is 48.8. The fourth-order valence-electron chi connectivity index (χ4n) is 3.48. The molecule has 220 valence electrons. The van der Waals surface area contributed by atoms with Crippen LogP contribution in [0, 0.1) is 0 Å². The van der Waals surface area contributed by atoms with E-state index >= 15 is 0 Å². The van der Waals surface area contributed by atoms with Gasteiger partial charge in [-0.05, 0) is 69.2 Å². The van der Waals surface area contributed by atoms with Crippen LogP contribution in [-0.4, -0.2) is 23.9 Å². The molecule has 0 fully saturated rings. The molecule has 9 heteroatoms. The van der Waals surface area contributed by atoms with Crippen LogP contribution < -0.4 is 24.7 Å². The minimum Gasteiger partial charge on any atom is -0.423 e. The molecule has 0 unspecified atom stereocenters. The first kappa shape index (κ1) is 31.8. The smallest absolute Gasteiger partial charge is 0.338 e. The third-order valence-corrected chi connectivity index (χ3v) is 5.78. The Balaban J connectivity index is 2.06. The Kier molecular flexibility index (Phi) is 9.85. The van der Waals surface area contributed by atoms with Crippen molar-refractivity contribution >= 4 is 29.6 Å². The maximum absolute atomic E-state index is 12.4. The van der Waals surface area contributed by atoms with Crippen LogP contribution in [0.1, 0.15) is 27.7 Å². The number of nitrogens with two attached hydrogens (primary N) is 1. The average molecular weight is 582 g/mol. The van der Waals surface area contributed by atoms with Crippen LogP contribution in [-0.2, 0) is 19.2 Å². The monoisotopic (exact) mass is 581 g/mol. The summed E-state index contributed by atoms with van der Waals surface area (Å²) in [5.41, 5.74) is 9.67. The molecule has 0 aromatic heterocycles. The molecule has 0 radical (unpaired) electrons. The second-order valence-corrected chi connectivity index (χ2v) is 9.80. The summed E-state index contributed by atoms with van der Waals surface area (Å²) in [5.74, 6) is -2.43. The molecule has 0 aliphatic rings. The van der Waals surface area contributed by atoms with E-state index in [-0.39, 0.29) is 45.3 Å². The molecule has 0 saturated carbocycles. The van der Waals surface area contributed by atoms with Crippen molar-refractivity contribution in [2.45, 2.75) is 27.7 Å². The Morgan fingerprint density at radius 1 is 0.512 bits per heavy atom. The zero-order valence-corrected chi connectivity index (χ0v) is 24.4. The molecule has 3 aromatic rings. The topological polar surface area (TPSA) is 131 Å². The van der Waals surface area contributed by atoms with Crippen molar-refractivity contribution in [1.29, 1.82) is 0 Å². The van der Waals surface area contributed by atoms with E-state index in [0.717, 1.165) is 0 Å². The van der Waals surface area contributed by atoms with Crippen molar-refractivity contribution in [3.8, 4) is 45.3 Å². The summed E-state index contributed by atoms with van der Waals surface area (Å²) in [7, 11) is 0. The van der Waals surface area contributed by atoms with Crippen LogP contribution in [0.2, 0.25) is 0 Å². The van der Waals surface area contributed by atoms with Gasteiger partial charge in [0, 0.05) is 45.2 Å². The lowest BCUT2D eigenvalue weighted by molar-refractivity contribution is -0.132. The van der Waals surface area contributed by atoms with Crippen molar-refractivity contribution in [2.24, 2.45) is 0 Å². The number of nitrogen functional groups attached to an aromatic ring is 1. The average Bonchev–Trinajstić information content (AvgIpc) is 2.93. The van der Waals surface area contributed by atoms with Gasteiger partial charge in [-0.1, -0.05) is 44.5 Å². The fraction of sp³-hybridized carbons (Fsp3) is 0.118. The lowest BCUT2D eigenvalue weighted by Gasteiger charge is -2.15. The maximum Gasteiger partial charge on any atom is 0.338 e. The number of ether oxygens (including phenoxy) is 4. The van der Waals surface area contributed by atoms with E-state index in [1.54, 1.807) is 36.4 Å². The Hall–Kier alpha value is -5.70. The summed E-state index contributed by atoms with van der Waals surface area (Å²) in [5, 5.41) is 0. The fourth-order valence-corrected chi connectivity index (χ4v) is 3.48. The molecule has 0 heterocycles. The molecule has 0 saturated heterocycles. The molecule has 3 aromatic carbocycles. The SMILES string of the molecule is C=C(C)C(=O)Oc1ccc(-c2ccc(-c3ccc(OC(=O)C(=C)C)c(OC(=O)C(=C)C)c3)c(N)c2)c(OC(=O)C(=C)C)c1. The second-order valence-electron chi connectivity index (χ2n) is 9.80. The van der Waals surface area contributed by atoms with E-state index < -0.39 is 23.9 Å². The van der Waals surface area contributed by atoms with Crippen molar-refractivity contribution in [2.75, 3.05) is 5.73 Å². The van der Waals surface area contributed by atoms with Gasteiger partial charge in [0.2, 0.25) is 0 Å². The molecular weight excluding hydrogens is 550 g/mol. The van der Waals surface area contributed by atoms with Crippen molar-refractivity contribution in [3.63, 3.8) is 0 Å². The van der Waals surface area contributed by atoms with Gasteiger partial charge in [0.05, 0.1) is 0 Å². The lowest BCUT2D eigenvalue weighted by Crippen LogP contribution is -2.12. The Morgan fingerprint density at radius 3 is 1.49 bits per heavy atom. The first-order valence-corrected chi connectivity index (χ1v) is 12.9. The number of hydrogen-bond donors (Lipinski definition) is 1. The van der Waals surface area contributed by atoms with E-state index in [4.69, 9.17) is 24.7 Å². The van der Waals surface area contributed by atoms with Gasteiger partial charge in [-0.2, -0.15) is 0 Å². The van der Waals surface area contributed by atoms with E-state index in [0.29, 0.717) is 27.9 Å². The molecule has 0 bridgehead atoms. The summed E-state index contributed by atoms with van der Waals surface area (Å²) < 4.78 is 21.6. The minimum atomic E-state index is -0.706. The van der Waals surface area contributed by atoms with Crippen LogP contribution in [0.15, 0.2) is 103 Å². The molecule has 0 atom stereocenters. The molecule has 9 nitrogen and oxygen atoms in total. The summed E-state index contributed by atoms with van der Waals surface area (Å²) in [6.07, 6.45) is 0. The van der Waals surface area contributed by atoms with Gasteiger partial charge in [0.1, 0.15) is 11.5 Å². The third-order valence-electron chi connectivity index (χ3n) is 5.78. The highest BCUT2D eigenvalue weighted by atomic mass is 16.6. The molecule has 0 amide bonds. The standard InChI is InChI=1S/C34H31NO8/c1-18(2)31(36)40-24-11-13-26(29(17-24)42-33(38)20(5)6)22-9-12-25(27(35)15-22)23-10-14-28(41-32(37)19(3)4)30(16-23)43-34(39)21(7)8/h9-17H,1,3,5,7,35H2,2,4,6,8H3. The number of hydrogen-bond acceptors (Lipinski definition) is 9. The van der Waals surface area contributed by atoms with Crippen LogP contribution >= 0.6 is 0 Å². The normalized spacial score (nSPS) is 10.2. The second kappa shape index (κ2) is 13.3. The Morgan fingerprint density at radius 2 is 0.953 bits per heavy atom. The van der Waals surface area contributed by atoms with Gasteiger partial charge in [-0.3, -0.25) is 0 Å². The molecule has 0 spiro atoms. The number of esters is 4. The summed E-state index contributed by atoms with van der Waals surface area (Å²) in [6, 6.07) is 14.3. The number of carbonyl (C=O) groups excluding carboxylic acids is 4. The van der Waals surface area contributed by atoms with E-state index in [1.807, 2.05) is 0 Å². The number of anilines is 1. The Labute approximate surface area is 249 Å². The molecule has 0 aliphatic heterocycles.